The van der Waals surface area contributed by atoms with E-state index in [4.69, 9.17) is 11.6 Å². The monoisotopic (exact) mass is 427 g/mol. The number of nitrogens with zero attached hydrogens (tertiary/aromatic N) is 1. The summed E-state index contributed by atoms with van der Waals surface area (Å²) in [5, 5.41) is 6.95. The third-order valence-electron chi connectivity index (χ3n) is 5.83. The number of likely N-dealkylation sites (tertiary alicyclic amines) is 1. The van der Waals surface area contributed by atoms with E-state index >= 15 is 0 Å². The van der Waals surface area contributed by atoms with Gasteiger partial charge in [-0.25, -0.2) is 0 Å². The summed E-state index contributed by atoms with van der Waals surface area (Å²) >= 11 is 6.12. The van der Waals surface area contributed by atoms with Crippen LogP contribution in [0.2, 0.25) is 5.02 Å². The van der Waals surface area contributed by atoms with Crippen molar-refractivity contribution in [3.8, 4) is 0 Å². The largest absolute Gasteiger partial charge is 0.354 e. The van der Waals surface area contributed by atoms with Crippen LogP contribution in [-0.2, 0) is 15.0 Å². The second-order valence-electron chi connectivity index (χ2n) is 8.29. The lowest BCUT2D eigenvalue weighted by Crippen LogP contribution is -2.50. The van der Waals surface area contributed by atoms with Gasteiger partial charge in [-0.1, -0.05) is 23.7 Å². The van der Waals surface area contributed by atoms with Crippen LogP contribution in [0.25, 0.3) is 0 Å². The minimum absolute atomic E-state index is 0. The summed E-state index contributed by atoms with van der Waals surface area (Å²) in [5.74, 6) is 0.525. The van der Waals surface area contributed by atoms with Crippen LogP contribution in [0, 0.1) is 5.92 Å². The summed E-state index contributed by atoms with van der Waals surface area (Å²) in [6.07, 6.45) is 3.98. The zero-order valence-corrected chi connectivity index (χ0v) is 18.2. The van der Waals surface area contributed by atoms with Crippen LogP contribution in [0.1, 0.15) is 45.1 Å². The van der Waals surface area contributed by atoms with Crippen molar-refractivity contribution < 1.29 is 9.59 Å². The van der Waals surface area contributed by atoms with Crippen molar-refractivity contribution in [1.82, 2.24) is 15.5 Å². The van der Waals surface area contributed by atoms with Gasteiger partial charge < -0.3 is 15.5 Å². The first-order valence-electron chi connectivity index (χ1n) is 9.94. The number of hydrogen-bond acceptors (Lipinski definition) is 3. The Morgan fingerprint density at radius 1 is 1.29 bits per heavy atom. The number of rotatable bonds is 5. The zero-order chi connectivity index (χ0) is 19.4. The van der Waals surface area contributed by atoms with Gasteiger partial charge in [0.15, 0.2) is 0 Å². The average Bonchev–Trinajstić information content (AvgIpc) is 3.20. The van der Waals surface area contributed by atoms with Crippen molar-refractivity contribution in [1.29, 1.82) is 0 Å². The number of piperidine rings is 1. The van der Waals surface area contributed by atoms with Gasteiger partial charge in [0.25, 0.3) is 0 Å². The van der Waals surface area contributed by atoms with Crippen LogP contribution in [-0.4, -0.2) is 48.9 Å². The summed E-state index contributed by atoms with van der Waals surface area (Å²) in [6.45, 7) is 6.94. The van der Waals surface area contributed by atoms with Crippen molar-refractivity contribution in [3.05, 3.63) is 34.9 Å². The van der Waals surface area contributed by atoms with Gasteiger partial charge in [-0.3, -0.25) is 9.59 Å². The fraction of sp³-hybridized carbons (Fsp3) is 0.619. The Balaban J connectivity index is 0.00000280. The van der Waals surface area contributed by atoms with E-state index in [0.717, 1.165) is 44.3 Å². The molecule has 2 aliphatic heterocycles. The van der Waals surface area contributed by atoms with Crippen molar-refractivity contribution in [2.75, 3.05) is 26.2 Å². The molecule has 2 amide bonds. The highest BCUT2D eigenvalue weighted by Gasteiger charge is 2.36. The number of amides is 2. The van der Waals surface area contributed by atoms with Gasteiger partial charge >= 0.3 is 0 Å². The molecule has 2 fully saturated rings. The number of benzene rings is 1. The molecule has 156 valence electrons. The Labute approximate surface area is 179 Å². The number of carbonyl (C=O) groups is 2. The molecule has 0 saturated carbocycles. The highest BCUT2D eigenvalue weighted by Crippen LogP contribution is 2.29. The van der Waals surface area contributed by atoms with Crippen LogP contribution in [0.5, 0.6) is 0 Å². The van der Waals surface area contributed by atoms with Gasteiger partial charge in [0, 0.05) is 24.7 Å². The highest BCUT2D eigenvalue weighted by atomic mass is 35.5. The number of carbonyl (C=O) groups excluding carboxylic acids is 2. The van der Waals surface area contributed by atoms with Gasteiger partial charge in [-0.2, -0.15) is 0 Å². The van der Waals surface area contributed by atoms with E-state index in [-0.39, 0.29) is 30.3 Å². The van der Waals surface area contributed by atoms with Gasteiger partial charge in [0.2, 0.25) is 11.8 Å². The first-order chi connectivity index (χ1) is 12.9. The maximum atomic E-state index is 13.2. The molecule has 2 aliphatic rings. The molecule has 3 rings (SSSR count). The Kier molecular flexibility index (Phi) is 8.17. The SMILES string of the molecule is CC(C)(C(=O)N1CCCC(CNC(=O)C2CCCN2)C1)c1cccc(Cl)c1.Cl. The van der Waals surface area contributed by atoms with E-state index in [0.29, 0.717) is 24.0 Å². The molecule has 0 aliphatic carbocycles. The molecule has 2 unspecified atom stereocenters. The predicted octanol–water partition coefficient (Wildman–Crippen LogP) is 3.15. The lowest BCUT2D eigenvalue weighted by molar-refractivity contribution is -0.138. The van der Waals surface area contributed by atoms with E-state index in [1.165, 1.54) is 0 Å². The molecule has 7 heteroatoms. The first kappa shape index (κ1) is 23.0. The summed E-state index contributed by atoms with van der Waals surface area (Å²) in [6, 6.07) is 7.49. The number of nitrogens with one attached hydrogen (secondary N) is 2. The smallest absolute Gasteiger partial charge is 0.237 e. The zero-order valence-electron chi connectivity index (χ0n) is 16.7. The first-order valence-corrected chi connectivity index (χ1v) is 10.3. The topological polar surface area (TPSA) is 61.4 Å². The molecule has 5 nitrogen and oxygen atoms in total. The van der Waals surface area contributed by atoms with E-state index in [2.05, 4.69) is 10.6 Å². The summed E-state index contributed by atoms with van der Waals surface area (Å²) in [7, 11) is 0. The van der Waals surface area contributed by atoms with E-state index in [1.54, 1.807) is 0 Å². The van der Waals surface area contributed by atoms with E-state index in [9.17, 15) is 9.59 Å². The molecule has 1 aromatic carbocycles. The molecular weight excluding hydrogens is 397 g/mol. The number of halogens is 2. The molecular formula is C21H31Cl2N3O2. The van der Waals surface area contributed by atoms with Crippen molar-refractivity contribution in [2.24, 2.45) is 5.92 Å². The van der Waals surface area contributed by atoms with Gasteiger partial charge in [-0.15, -0.1) is 12.4 Å². The molecule has 28 heavy (non-hydrogen) atoms. The summed E-state index contributed by atoms with van der Waals surface area (Å²) in [5.41, 5.74) is 0.312. The van der Waals surface area contributed by atoms with Crippen LogP contribution >= 0.6 is 24.0 Å². The normalized spacial score (nSPS) is 22.5. The maximum Gasteiger partial charge on any atom is 0.237 e. The quantitative estimate of drug-likeness (QED) is 0.758. The molecule has 1 aromatic rings. The predicted molar refractivity (Wildman–Crippen MR) is 115 cm³/mol. The van der Waals surface area contributed by atoms with Crippen LogP contribution in [0.3, 0.4) is 0 Å². The maximum absolute atomic E-state index is 13.2. The molecule has 2 N–H and O–H groups in total. The van der Waals surface area contributed by atoms with E-state index < -0.39 is 5.41 Å². The molecule has 2 atom stereocenters. The Hall–Kier alpha value is -1.30. The molecule has 0 radical (unpaired) electrons. The molecule has 0 aromatic heterocycles. The second-order valence-corrected chi connectivity index (χ2v) is 8.73. The standard InChI is InChI=1S/C21H30ClN3O2.ClH/c1-21(2,16-7-3-8-17(22)12-16)20(27)25-11-5-6-15(14-25)13-24-19(26)18-9-4-10-23-18;/h3,7-8,12,15,18,23H,4-6,9-11,13-14H2,1-2H3,(H,24,26);1H. The Morgan fingerprint density at radius 3 is 2.75 bits per heavy atom. The third kappa shape index (κ3) is 5.40. The Bertz CT molecular complexity index is 690. The molecule has 2 heterocycles. The Morgan fingerprint density at radius 2 is 2.07 bits per heavy atom. The lowest BCUT2D eigenvalue weighted by Gasteiger charge is -2.38. The van der Waals surface area contributed by atoms with Gasteiger partial charge in [0.05, 0.1) is 11.5 Å². The average molecular weight is 428 g/mol. The van der Waals surface area contributed by atoms with Crippen LogP contribution in [0.15, 0.2) is 24.3 Å². The third-order valence-corrected chi connectivity index (χ3v) is 6.06. The van der Waals surface area contributed by atoms with Crippen molar-refractivity contribution in [2.45, 2.75) is 51.0 Å². The molecule has 0 bridgehead atoms. The van der Waals surface area contributed by atoms with Crippen LogP contribution < -0.4 is 10.6 Å². The minimum atomic E-state index is -0.621. The molecule has 0 spiro atoms. The van der Waals surface area contributed by atoms with Gasteiger partial charge in [-0.05, 0) is 69.7 Å². The molecule has 2 saturated heterocycles. The van der Waals surface area contributed by atoms with Crippen molar-refractivity contribution in [3.63, 3.8) is 0 Å². The minimum Gasteiger partial charge on any atom is -0.354 e. The van der Waals surface area contributed by atoms with E-state index in [1.807, 2.05) is 43.0 Å². The van der Waals surface area contributed by atoms with Crippen molar-refractivity contribution >= 4 is 35.8 Å². The van der Waals surface area contributed by atoms with Crippen LogP contribution in [0.4, 0.5) is 0 Å². The number of hydrogen-bond donors (Lipinski definition) is 2. The second kappa shape index (κ2) is 9.95. The fourth-order valence-corrected chi connectivity index (χ4v) is 4.28. The fourth-order valence-electron chi connectivity index (χ4n) is 4.09. The van der Waals surface area contributed by atoms with Gasteiger partial charge in [0.1, 0.15) is 0 Å². The highest BCUT2D eigenvalue weighted by molar-refractivity contribution is 6.30. The summed E-state index contributed by atoms with van der Waals surface area (Å²) in [4.78, 5) is 27.4. The lowest BCUT2D eigenvalue weighted by atomic mass is 9.82. The summed E-state index contributed by atoms with van der Waals surface area (Å²) < 4.78 is 0.